The lowest BCUT2D eigenvalue weighted by molar-refractivity contribution is 0.0951. The number of benzene rings is 2. The van der Waals surface area contributed by atoms with Gasteiger partial charge in [0.1, 0.15) is 5.82 Å². The monoisotopic (exact) mass is 349 g/mol. The molecule has 26 heavy (non-hydrogen) atoms. The predicted molar refractivity (Wildman–Crippen MR) is 101 cm³/mol. The molecule has 0 bridgehead atoms. The summed E-state index contributed by atoms with van der Waals surface area (Å²) in [5.41, 5.74) is 7.57. The van der Waals surface area contributed by atoms with Crippen LogP contribution in [0.25, 0.3) is 5.69 Å². The number of hydrogen-bond donors (Lipinski definition) is 1. The van der Waals surface area contributed by atoms with Crippen molar-refractivity contribution in [1.82, 2.24) is 9.99 Å². The molecule has 1 N–H and O–H groups in total. The van der Waals surface area contributed by atoms with Crippen molar-refractivity contribution < 1.29 is 9.18 Å². The summed E-state index contributed by atoms with van der Waals surface area (Å²) in [5.74, 6) is -1.15. The molecule has 0 aliphatic heterocycles. The van der Waals surface area contributed by atoms with E-state index in [1.54, 1.807) is 12.3 Å². The Morgan fingerprint density at radius 1 is 1.08 bits per heavy atom. The zero-order valence-electron chi connectivity index (χ0n) is 15.0. The van der Waals surface area contributed by atoms with Crippen LogP contribution in [-0.4, -0.2) is 16.7 Å². The van der Waals surface area contributed by atoms with Crippen molar-refractivity contribution in [2.75, 3.05) is 0 Å². The predicted octanol–water partition coefficient (Wildman–Crippen LogP) is 4.31. The van der Waals surface area contributed by atoms with Gasteiger partial charge >= 0.3 is 0 Å². The van der Waals surface area contributed by atoms with Gasteiger partial charge in [-0.3, -0.25) is 4.79 Å². The first-order valence-electron chi connectivity index (χ1n) is 8.31. The summed E-state index contributed by atoms with van der Waals surface area (Å²) >= 11 is 0. The highest BCUT2D eigenvalue weighted by Gasteiger charge is 2.11. The van der Waals surface area contributed by atoms with E-state index in [0.29, 0.717) is 0 Å². The number of aryl methyl sites for hydroxylation is 2. The second-order valence-corrected chi connectivity index (χ2v) is 6.18. The Balaban J connectivity index is 1.79. The first kappa shape index (κ1) is 17.6. The van der Waals surface area contributed by atoms with Gasteiger partial charge in [-0.05, 0) is 51.1 Å². The number of hydrazone groups is 1. The molecule has 1 amide bonds. The lowest BCUT2D eigenvalue weighted by Crippen LogP contribution is -2.18. The smallest absolute Gasteiger partial charge is 0.274 e. The number of nitrogens with zero attached hydrogens (tertiary/aromatic N) is 2. The third-order valence-electron chi connectivity index (χ3n) is 4.25. The maximum atomic E-state index is 13.6. The number of nitrogens with one attached hydrogen (secondary N) is 1. The molecule has 0 spiro atoms. The zero-order valence-corrected chi connectivity index (χ0v) is 15.0. The summed E-state index contributed by atoms with van der Waals surface area (Å²) in [4.78, 5) is 12.0. The molecular weight excluding hydrogens is 329 g/mol. The standard InChI is InChI=1S/C21H20FN3O/c1-14-8-10-18(11-9-14)25-15(2)12-17(16(25)3)13-23-24-21(26)19-6-4-5-7-20(19)22/h4-13H,1-3H3,(H,24,26)/b23-13-. The SMILES string of the molecule is Cc1ccc(-n2c(C)cc(/C=N\NC(=O)c3ccccc3F)c2C)cc1. The fraction of sp³-hybridized carbons (Fsp3) is 0.143. The van der Waals surface area contributed by atoms with Gasteiger partial charge in [-0.2, -0.15) is 5.10 Å². The Bertz CT molecular complexity index is 971. The molecule has 0 saturated heterocycles. The Kier molecular flexibility index (Phi) is 4.98. The van der Waals surface area contributed by atoms with Gasteiger partial charge < -0.3 is 4.57 Å². The third-order valence-corrected chi connectivity index (χ3v) is 4.25. The summed E-state index contributed by atoms with van der Waals surface area (Å²) < 4.78 is 15.7. The molecule has 0 radical (unpaired) electrons. The Morgan fingerprint density at radius 2 is 1.77 bits per heavy atom. The normalized spacial score (nSPS) is 11.1. The van der Waals surface area contributed by atoms with Gasteiger partial charge in [0.2, 0.25) is 0 Å². The molecular formula is C21H20FN3O. The molecule has 1 aromatic heterocycles. The average molecular weight is 349 g/mol. The van der Waals surface area contributed by atoms with Gasteiger partial charge in [-0.15, -0.1) is 0 Å². The second kappa shape index (κ2) is 7.35. The molecule has 3 aromatic rings. The van der Waals surface area contributed by atoms with E-state index in [-0.39, 0.29) is 5.56 Å². The summed E-state index contributed by atoms with van der Waals surface area (Å²) in [5, 5.41) is 3.98. The summed E-state index contributed by atoms with van der Waals surface area (Å²) in [6, 6.07) is 16.1. The second-order valence-electron chi connectivity index (χ2n) is 6.18. The molecule has 1 heterocycles. The van der Waals surface area contributed by atoms with Crippen molar-refractivity contribution in [3.8, 4) is 5.69 Å². The number of aromatic nitrogens is 1. The van der Waals surface area contributed by atoms with Crippen molar-refractivity contribution in [2.45, 2.75) is 20.8 Å². The fourth-order valence-corrected chi connectivity index (χ4v) is 2.88. The summed E-state index contributed by atoms with van der Waals surface area (Å²) in [6.07, 6.45) is 1.58. The number of carbonyl (C=O) groups is 1. The van der Waals surface area contributed by atoms with Gasteiger partial charge in [-0.25, -0.2) is 9.82 Å². The van der Waals surface area contributed by atoms with Crippen molar-refractivity contribution >= 4 is 12.1 Å². The van der Waals surface area contributed by atoms with Gasteiger partial charge in [0.15, 0.2) is 0 Å². The molecule has 0 fully saturated rings. The number of amides is 1. The van der Waals surface area contributed by atoms with E-state index in [1.807, 2.05) is 19.9 Å². The number of rotatable bonds is 4. The topological polar surface area (TPSA) is 46.4 Å². The molecule has 2 aromatic carbocycles. The van der Waals surface area contributed by atoms with Gasteiger partial charge in [-0.1, -0.05) is 29.8 Å². The molecule has 0 atom stereocenters. The van der Waals surface area contributed by atoms with Crippen molar-refractivity contribution in [2.24, 2.45) is 5.10 Å². The van der Waals surface area contributed by atoms with E-state index in [2.05, 4.69) is 46.3 Å². The third kappa shape index (κ3) is 3.57. The average Bonchev–Trinajstić information content (AvgIpc) is 2.90. The molecule has 132 valence electrons. The summed E-state index contributed by atoms with van der Waals surface area (Å²) in [6.45, 7) is 6.06. The highest BCUT2D eigenvalue weighted by molar-refractivity contribution is 5.95. The van der Waals surface area contributed by atoms with E-state index >= 15 is 0 Å². The zero-order chi connectivity index (χ0) is 18.7. The van der Waals surface area contributed by atoms with Gasteiger partial charge in [0, 0.05) is 22.6 Å². The molecule has 5 heteroatoms. The number of hydrogen-bond acceptors (Lipinski definition) is 2. The molecule has 4 nitrogen and oxygen atoms in total. The maximum Gasteiger partial charge on any atom is 0.274 e. The van der Waals surface area contributed by atoms with Crippen LogP contribution in [0.4, 0.5) is 4.39 Å². The van der Waals surface area contributed by atoms with Crippen LogP contribution in [0.1, 0.15) is 32.9 Å². The van der Waals surface area contributed by atoms with Gasteiger partial charge in [0.05, 0.1) is 11.8 Å². The molecule has 0 saturated carbocycles. The number of carbonyl (C=O) groups excluding carboxylic acids is 1. The van der Waals surface area contributed by atoms with Crippen molar-refractivity contribution in [1.29, 1.82) is 0 Å². The Morgan fingerprint density at radius 3 is 2.46 bits per heavy atom. The van der Waals surface area contributed by atoms with E-state index in [0.717, 1.165) is 22.6 Å². The minimum absolute atomic E-state index is 0.0326. The lowest BCUT2D eigenvalue weighted by Gasteiger charge is -2.09. The van der Waals surface area contributed by atoms with Gasteiger partial charge in [0.25, 0.3) is 5.91 Å². The highest BCUT2D eigenvalue weighted by Crippen LogP contribution is 2.20. The Hall–Kier alpha value is -3.21. The minimum Gasteiger partial charge on any atom is -0.318 e. The van der Waals surface area contributed by atoms with Crippen LogP contribution in [-0.2, 0) is 0 Å². The largest absolute Gasteiger partial charge is 0.318 e. The quantitative estimate of drug-likeness (QED) is 0.554. The van der Waals surface area contributed by atoms with Crippen molar-refractivity contribution in [3.63, 3.8) is 0 Å². The lowest BCUT2D eigenvalue weighted by atomic mass is 10.2. The Labute approximate surface area is 152 Å². The summed E-state index contributed by atoms with van der Waals surface area (Å²) in [7, 11) is 0. The molecule has 0 unspecified atom stereocenters. The van der Waals surface area contributed by atoms with E-state index in [1.165, 1.54) is 23.8 Å². The van der Waals surface area contributed by atoms with Crippen LogP contribution in [0, 0.1) is 26.6 Å². The number of halogens is 1. The van der Waals surface area contributed by atoms with Crippen LogP contribution in [0.15, 0.2) is 59.7 Å². The minimum atomic E-state index is -0.577. The first-order chi connectivity index (χ1) is 12.5. The molecule has 3 rings (SSSR count). The molecule has 0 aliphatic carbocycles. The highest BCUT2D eigenvalue weighted by atomic mass is 19.1. The fourth-order valence-electron chi connectivity index (χ4n) is 2.88. The van der Waals surface area contributed by atoms with E-state index in [9.17, 15) is 9.18 Å². The van der Waals surface area contributed by atoms with Crippen LogP contribution >= 0.6 is 0 Å². The first-order valence-corrected chi connectivity index (χ1v) is 8.31. The van der Waals surface area contributed by atoms with E-state index in [4.69, 9.17) is 0 Å². The van der Waals surface area contributed by atoms with Crippen molar-refractivity contribution in [3.05, 3.63) is 88.5 Å². The maximum absolute atomic E-state index is 13.6. The van der Waals surface area contributed by atoms with Crippen LogP contribution in [0.3, 0.4) is 0 Å². The molecule has 0 aliphatic rings. The van der Waals surface area contributed by atoms with E-state index < -0.39 is 11.7 Å². The van der Waals surface area contributed by atoms with Crippen LogP contribution in [0.5, 0.6) is 0 Å². The van der Waals surface area contributed by atoms with Crippen LogP contribution in [0.2, 0.25) is 0 Å². The van der Waals surface area contributed by atoms with Crippen LogP contribution < -0.4 is 5.43 Å².